The van der Waals surface area contributed by atoms with Crippen LogP contribution in [0.1, 0.15) is 92.7 Å². The number of ether oxygens (including phenoxy) is 1. The number of hydrogen-bond donors (Lipinski definition) is 5. The first-order valence-corrected chi connectivity index (χ1v) is 18.4. The van der Waals surface area contributed by atoms with Gasteiger partial charge in [-0.2, -0.15) is 9.97 Å². The molecule has 4 rings (SSSR count). The first-order chi connectivity index (χ1) is 23.2. The van der Waals surface area contributed by atoms with E-state index in [0.717, 1.165) is 89.0 Å². The minimum atomic E-state index is -0.494. The highest BCUT2D eigenvalue weighted by atomic mass is 16.6. The predicted octanol–water partition coefficient (Wildman–Crippen LogP) is 4.08. The summed E-state index contributed by atoms with van der Waals surface area (Å²) >= 11 is 0. The Balaban J connectivity index is 0.00000307. The molecule has 2 saturated heterocycles. The average molecular weight is 673 g/mol. The number of hydrogen-bond acceptors (Lipinski definition) is 12. The molecule has 14 heteroatoms. The molecule has 0 saturated carbocycles. The standard InChI is InChI=1S/C32H58N12O2.C2H6/c1-6-9-25(7-2)35-14-13-33-12-8-17-44-24-27(40-41-44)23-36-30-38-28(22-29(39-30)42-20-15-34-16-21-42)37-26-10-18-43(19-11-26)31(45)46-32(3,4)5;1-2/h22,24-26,33-35H,6-21,23H2,1-5H3,(H2,36,37,38,39);1-2H3. The van der Waals surface area contributed by atoms with E-state index in [1.165, 1.54) is 19.3 Å². The largest absolute Gasteiger partial charge is 0.444 e. The fraction of sp³-hybridized carbons (Fsp3) is 0.794. The highest BCUT2D eigenvalue weighted by molar-refractivity contribution is 5.68. The van der Waals surface area contributed by atoms with Crippen molar-refractivity contribution in [3.05, 3.63) is 18.0 Å². The van der Waals surface area contributed by atoms with Crippen molar-refractivity contribution in [2.45, 2.75) is 118 Å². The third kappa shape index (κ3) is 14.1. The Bertz CT molecular complexity index is 1170. The number of carbonyl (C=O) groups excluding carboxylic acids is 1. The third-order valence-electron chi connectivity index (χ3n) is 8.27. The van der Waals surface area contributed by atoms with E-state index in [2.05, 4.69) is 55.6 Å². The van der Waals surface area contributed by atoms with Gasteiger partial charge in [0.1, 0.15) is 22.9 Å². The Kier molecular flexibility index (Phi) is 17.1. The van der Waals surface area contributed by atoms with E-state index in [1.807, 2.05) is 51.6 Å². The highest BCUT2D eigenvalue weighted by Crippen LogP contribution is 2.23. The Labute approximate surface area is 288 Å². The van der Waals surface area contributed by atoms with Crippen molar-refractivity contribution in [2.75, 3.05) is 74.4 Å². The van der Waals surface area contributed by atoms with Gasteiger partial charge in [0.05, 0.1) is 12.7 Å². The summed E-state index contributed by atoms with van der Waals surface area (Å²) in [5, 5.41) is 26.2. The van der Waals surface area contributed by atoms with Gasteiger partial charge in [0.2, 0.25) is 5.95 Å². The fourth-order valence-corrected chi connectivity index (χ4v) is 5.74. The molecule has 1 unspecified atom stereocenters. The number of aromatic nitrogens is 5. The van der Waals surface area contributed by atoms with Gasteiger partial charge in [0, 0.05) is 77.1 Å². The summed E-state index contributed by atoms with van der Waals surface area (Å²) in [6, 6.07) is 2.87. The zero-order chi connectivity index (χ0) is 34.8. The molecule has 0 aromatic carbocycles. The van der Waals surface area contributed by atoms with Crippen molar-refractivity contribution in [3.8, 4) is 0 Å². The van der Waals surface area contributed by atoms with Crippen molar-refractivity contribution < 1.29 is 9.53 Å². The van der Waals surface area contributed by atoms with Crippen LogP contribution in [0, 0.1) is 0 Å². The molecule has 0 aliphatic carbocycles. The quantitative estimate of drug-likeness (QED) is 0.154. The summed E-state index contributed by atoms with van der Waals surface area (Å²) in [6.45, 7) is 23.3. The molecule has 272 valence electrons. The molecule has 0 radical (unpaired) electrons. The summed E-state index contributed by atoms with van der Waals surface area (Å²) in [6.07, 6.45) is 8.02. The average Bonchev–Trinajstić information content (AvgIpc) is 3.55. The molecule has 1 amide bonds. The van der Waals surface area contributed by atoms with Crippen LogP contribution in [0.4, 0.5) is 22.4 Å². The van der Waals surface area contributed by atoms with Crippen LogP contribution in [0.2, 0.25) is 0 Å². The Morgan fingerprint density at radius 3 is 2.50 bits per heavy atom. The molecular weight excluding hydrogens is 608 g/mol. The lowest BCUT2D eigenvalue weighted by Crippen LogP contribution is -2.45. The number of rotatable bonds is 17. The monoisotopic (exact) mass is 673 g/mol. The summed E-state index contributed by atoms with van der Waals surface area (Å²) in [4.78, 5) is 26.2. The number of aryl methyl sites for hydroxylation is 1. The molecule has 2 aliphatic rings. The highest BCUT2D eigenvalue weighted by Gasteiger charge is 2.27. The summed E-state index contributed by atoms with van der Waals surface area (Å²) in [5.74, 6) is 2.24. The maximum atomic E-state index is 12.5. The van der Waals surface area contributed by atoms with Crippen LogP contribution in [-0.4, -0.2) is 113 Å². The topological polar surface area (TPSA) is 149 Å². The van der Waals surface area contributed by atoms with Crippen molar-refractivity contribution in [2.24, 2.45) is 0 Å². The van der Waals surface area contributed by atoms with Gasteiger partial charge in [-0.15, -0.1) is 5.10 Å². The molecule has 0 bridgehead atoms. The van der Waals surface area contributed by atoms with E-state index in [4.69, 9.17) is 14.7 Å². The van der Waals surface area contributed by atoms with Crippen LogP contribution < -0.4 is 31.5 Å². The Morgan fingerprint density at radius 2 is 1.81 bits per heavy atom. The van der Waals surface area contributed by atoms with Crippen LogP contribution in [0.25, 0.3) is 0 Å². The van der Waals surface area contributed by atoms with E-state index in [9.17, 15) is 4.79 Å². The zero-order valence-corrected chi connectivity index (χ0v) is 30.8. The molecule has 1 atom stereocenters. The fourth-order valence-electron chi connectivity index (χ4n) is 5.74. The normalized spacial score (nSPS) is 16.2. The number of nitrogens with one attached hydrogen (secondary N) is 5. The van der Waals surface area contributed by atoms with E-state index >= 15 is 0 Å². The van der Waals surface area contributed by atoms with E-state index < -0.39 is 5.60 Å². The van der Waals surface area contributed by atoms with E-state index in [-0.39, 0.29) is 12.1 Å². The minimum absolute atomic E-state index is 0.206. The van der Waals surface area contributed by atoms with Gasteiger partial charge in [-0.25, -0.2) is 4.79 Å². The molecule has 5 N–H and O–H groups in total. The lowest BCUT2D eigenvalue weighted by atomic mass is 10.1. The number of likely N-dealkylation sites (tertiary alicyclic amines) is 1. The second-order valence-electron chi connectivity index (χ2n) is 13.3. The number of carbonyl (C=O) groups is 1. The Morgan fingerprint density at radius 1 is 1.06 bits per heavy atom. The summed E-state index contributed by atoms with van der Waals surface area (Å²) in [5.41, 5.74) is 0.353. The van der Waals surface area contributed by atoms with Crippen LogP contribution in [-0.2, 0) is 17.8 Å². The first kappa shape index (κ1) is 39.2. The van der Waals surface area contributed by atoms with Crippen LogP contribution in [0.5, 0.6) is 0 Å². The molecule has 2 aliphatic heterocycles. The molecule has 0 spiro atoms. The van der Waals surface area contributed by atoms with Crippen molar-refractivity contribution in [1.82, 2.24) is 45.8 Å². The SMILES string of the molecule is CC.CCCC(CC)NCCNCCCn1cc(CNc2nc(NC3CCN(C(=O)OC(C)(C)C)CC3)cc(N3CCNCC3)n2)nn1. The number of piperidine rings is 1. The van der Waals surface area contributed by atoms with Gasteiger partial charge in [0.25, 0.3) is 0 Å². The van der Waals surface area contributed by atoms with Crippen molar-refractivity contribution in [3.63, 3.8) is 0 Å². The second-order valence-corrected chi connectivity index (χ2v) is 13.3. The summed E-state index contributed by atoms with van der Waals surface area (Å²) < 4.78 is 7.46. The maximum Gasteiger partial charge on any atom is 0.410 e. The van der Waals surface area contributed by atoms with Crippen LogP contribution in [0.3, 0.4) is 0 Å². The van der Waals surface area contributed by atoms with Gasteiger partial charge in [-0.3, -0.25) is 4.68 Å². The smallest absolute Gasteiger partial charge is 0.410 e. The third-order valence-corrected chi connectivity index (χ3v) is 8.27. The van der Waals surface area contributed by atoms with Crippen LogP contribution >= 0.6 is 0 Å². The number of piperazine rings is 1. The number of nitrogens with zero attached hydrogens (tertiary/aromatic N) is 7. The molecule has 2 aromatic heterocycles. The predicted molar refractivity (Wildman–Crippen MR) is 195 cm³/mol. The lowest BCUT2D eigenvalue weighted by molar-refractivity contribution is 0.0210. The van der Waals surface area contributed by atoms with Gasteiger partial charge in [-0.05, 0) is 59.4 Å². The summed E-state index contributed by atoms with van der Waals surface area (Å²) in [7, 11) is 0. The lowest BCUT2D eigenvalue weighted by Gasteiger charge is -2.34. The first-order valence-electron chi connectivity index (χ1n) is 18.4. The molecule has 2 fully saturated rings. The van der Waals surface area contributed by atoms with Gasteiger partial charge < -0.3 is 41.1 Å². The second kappa shape index (κ2) is 21.0. The molecule has 14 nitrogen and oxygen atoms in total. The molecular formula is C34H64N12O2. The van der Waals surface area contributed by atoms with E-state index in [0.29, 0.717) is 31.6 Å². The minimum Gasteiger partial charge on any atom is -0.444 e. The number of anilines is 3. The molecule has 4 heterocycles. The Hall–Kier alpha value is -3.23. The van der Waals surface area contributed by atoms with E-state index in [1.54, 1.807) is 4.90 Å². The van der Waals surface area contributed by atoms with Gasteiger partial charge in [-0.1, -0.05) is 39.3 Å². The van der Waals surface area contributed by atoms with Gasteiger partial charge in [0.15, 0.2) is 0 Å². The molecule has 2 aromatic rings. The van der Waals surface area contributed by atoms with Crippen molar-refractivity contribution in [1.29, 1.82) is 0 Å². The maximum absolute atomic E-state index is 12.5. The molecule has 48 heavy (non-hydrogen) atoms. The number of amides is 1. The zero-order valence-electron chi connectivity index (χ0n) is 30.8. The van der Waals surface area contributed by atoms with Crippen LogP contribution in [0.15, 0.2) is 12.3 Å². The van der Waals surface area contributed by atoms with Crippen molar-refractivity contribution >= 4 is 23.7 Å². The van der Waals surface area contributed by atoms with Gasteiger partial charge >= 0.3 is 6.09 Å².